The quantitative estimate of drug-likeness (QED) is 0.897. The molecular formula is C19H28N2O2. The first-order chi connectivity index (χ1) is 11.1. The molecule has 1 aromatic rings. The van der Waals surface area contributed by atoms with Crippen molar-refractivity contribution in [3.05, 3.63) is 29.3 Å². The molecule has 1 heterocycles. The van der Waals surface area contributed by atoms with Gasteiger partial charge in [0.1, 0.15) is 0 Å². The van der Waals surface area contributed by atoms with Gasteiger partial charge in [-0.05, 0) is 43.0 Å². The zero-order valence-electron chi connectivity index (χ0n) is 14.1. The summed E-state index contributed by atoms with van der Waals surface area (Å²) in [6, 6.07) is 6.16. The summed E-state index contributed by atoms with van der Waals surface area (Å²) in [5.74, 6) is -0.0549. The minimum Gasteiger partial charge on any atom is -0.389 e. The number of carbonyl (C=O) groups is 1. The van der Waals surface area contributed by atoms with Crippen LogP contribution >= 0.6 is 0 Å². The van der Waals surface area contributed by atoms with Gasteiger partial charge in [-0.2, -0.15) is 0 Å². The summed E-state index contributed by atoms with van der Waals surface area (Å²) < 4.78 is 0. The highest BCUT2D eigenvalue weighted by Crippen LogP contribution is 2.32. The lowest BCUT2D eigenvalue weighted by Gasteiger charge is -2.32. The molecule has 0 saturated heterocycles. The van der Waals surface area contributed by atoms with E-state index in [-0.39, 0.29) is 12.3 Å². The Labute approximate surface area is 138 Å². The fraction of sp³-hybridized carbons (Fsp3) is 0.632. The Balaban J connectivity index is 1.67. The second-order valence-electron chi connectivity index (χ2n) is 7.07. The van der Waals surface area contributed by atoms with E-state index in [1.54, 1.807) is 0 Å². The maximum Gasteiger partial charge on any atom is 0.227 e. The number of hydrogen-bond donors (Lipinski definition) is 2. The normalized spacial score (nSPS) is 20.8. The summed E-state index contributed by atoms with van der Waals surface area (Å²) in [4.78, 5) is 14.8. The van der Waals surface area contributed by atoms with E-state index < -0.39 is 5.60 Å². The smallest absolute Gasteiger partial charge is 0.227 e. The van der Waals surface area contributed by atoms with Crippen molar-refractivity contribution in [2.24, 2.45) is 0 Å². The third-order valence-corrected chi connectivity index (χ3v) is 5.34. The number of nitrogens with one attached hydrogen (secondary N) is 1. The fourth-order valence-corrected chi connectivity index (χ4v) is 3.93. The Morgan fingerprint density at radius 1 is 1.30 bits per heavy atom. The molecule has 4 heteroatoms. The van der Waals surface area contributed by atoms with Crippen LogP contribution in [0.5, 0.6) is 0 Å². The highest BCUT2D eigenvalue weighted by atomic mass is 16.3. The Morgan fingerprint density at radius 3 is 2.83 bits per heavy atom. The standard InChI is InChI=1S/C19H28N2O2/c1-2-21-12-9-16-15(14-21)7-6-8-17(16)20-18(22)13-19(23)10-4-3-5-11-19/h6-8,23H,2-5,9-14H2,1H3,(H,20,22). The van der Waals surface area contributed by atoms with Crippen LogP contribution in [0.1, 0.15) is 56.6 Å². The molecule has 4 nitrogen and oxygen atoms in total. The molecule has 3 rings (SSSR count). The van der Waals surface area contributed by atoms with Gasteiger partial charge in [-0.15, -0.1) is 0 Å². The molecule has 0 spiro atoms. The van der Waals surface area contributed by atoms with Crippen LogP contribution in [0.4, 0.5) is 5.69 Å². The lowest BCUT2D eigenvalue weighted by atomic mass is 9.82. The Morgan fingerprint density at radius 2 is 2.09 bits per heavy atom. The van der Waals surface area contributed by atoms with Crippen molar-refractivity contribution in [3.63, 3.8) is 0 Å². The van der Waals surface area contributed by atoms with E-state index >= 15 is 0 Å². The number of likely N-dealkylation sites (N-methyl/N-ethyl adjacent to an activating group) is 1. The minimum absolute atomic E-state index is 0.0549. The van der Waals surface area contributed by atoms with Crippen LogP contribution in [-0.2, 0) is 17.8 Å². The molecule has 0 radical (unpaired) electrons. The van der Waals surface area contributed by atoms with Gasteiger partial charge in [-0.25, -0.2) is 0 Å². The van der Waals surface area contributed by atoms with Gasteiger partial charge < -0.3 is 10.4 Å². The summed E-state index contributed by atoms with van der Waals surface area (Å²) in [5, 5.41) is 13.6. The maximum atomic E-state index is 12.4. The van der Waals surface area contributed by atoms with Crippen molar-refractivity contribution in [2.75, 3.05) is 18.4 Å². The van der Waals surface area contributed by atoms with Gasteiger partial charge in [-0.1, -0.05) is 38.3 Å². The largest absolute Gasteiger partial charge is 0.389 e. The van der Waals surface area contributed by atoms with Crippen LogP contribution in [0.2, 0.25) is 0 Å². The van der Waals surface area contributed by atoms with Crippen LogP contribution in [0.3, 0.4) is 0 Å². The van der Waals surface area contributed by atoms with Crippen LogP contribution in [0.25, 0.3) is 0 Å². The summed E-state index contributed by atoms with van der Waals surface area (Å²) in [7, 11) is 0. The van der Waals surface area contributed by atoms with Gasteiger partial charge >= 0.3 is 0 Å². The van der Waals surface area contributed by atoms with Gasteiger partial charge in [0.05, 0.1) is 12.0 Å². The number of aliphatic hydroxyl groups is 1. The van der Waals surface area contributed by atoms with Crippen LogP contribution in [-0.4, -0.2) is 34.6 Å². The summed E-state index contributed by atoms with van der Waals surface area (Å²) in [6.45, 7) is 5.24. The fourth-order valence-electron chi connectivity index (χ4n) is 3.93. The van der Waals surface area contributed by atoms with Crippen LogP contribution in [0.15, 0.2) is 18.2 Å². The average molecular weight is 316 g/mol. The van der Waals surface area contributed by atoms with E-state index in [0.717, 1.165) is 57.4 Å². The molecule has 1 fully saturated rings. The summed E-state index contributed by atoms with van der Waals surface area (Å²) in [6.07, 6.45) is 5.91. The van der Waals surface area contributed by atoms with Gasteiger partial charge in [0.2, 0.25) is 5.91 Å². The molecule has 2 aliphatic rings. The molecule has 1 amide bonds. The SMILES string of the molecule is CCN1CCc2c(cccc2NC(=O)CC2(O)CCCCC2)C1. The number of carbonyl (C=O) groups excluding carboxylic acids is 1. The minimum atomic E-state index is -0.795. The van der Waals surface area contributed by atoms with Crippen molar-refractivity contribution in [1.82, 2.24) is 4.90 Å². The first kappa shape index (κ1) is 16.5. The Bertz CT molecular complexity index is 564. The maximum absolute atomic E-state index is 12.4. The molecule has 0 atom stereocenters. The van der Waals surface area contributed by atoms with Crippen molar-refractivity contribution in [3.8, 4) is 0 Å². The van der Waals surface area contributed by atoms with Crippen molar-refractivity contribution in [1.29, 1.82) is 0 Å². The van der Waals surface area contributed by atoms with Gasteiger partial charge in [0.15, 0.2) is 0 Å². The average Bonchev–Trinajstić information content (AvgIpc) is 2.54. The molecule has 1 aliphatic heterocycles. The monoisotopic (exact) mass is 316 g/mol. The van der Waals surface area contributed by atoms with Crippen molar-refractivity contribution in [2.45, 2.75) is 64.0 Å². The van der Waals surface area contributed by atoms with Gasteiger partial charge in [0, 0.05) is 18.8 Å². The highest BCUT2D eigenvalue weighted by Gasteiger charge is 2.32. The molecule has 1 saturated carbocycles. The van der Waals surface area contributed by atoms with E-state index in [1.807, 2.05) is 12.1 Å². The predicted molar refractivity (Wildman–Crippen MR) is 92.4 cm³/mol. The Kier molecular flexibility index (Phi) is 5.02. The van der Waals surface area contributed by atoms with E-state index in [4.69, 9.17) is 0 Å². The number of amides is 1. The number of rotatable bonds is 4. The third-order valence-electron chi connectivity index (χ3n) is 5.34. The number of benzene rings is 1. The topological polar surface area (TPSA) is 52.6 Å². The van der Waals surface area contributed by atoms with Crippen molar-refractivity contribution >= 4 is 11.6 Å². The van der Waals surface area contributed by atoms with E-state index in [1.165, 1.54) is 17.5 Å². The molecule has 0 aromatic heterocycles. The molecule has 23 heavy (non-hydrogen) atoms. The highest BCUT2D eigenvalue weighted by molar-refractivity contribution is 5.92. The van der Waals surface area contributed by atoms with E-state index in [0.29, 0.717) is 0 Å². The predicted octanol–water partition coefficient (Wildman–Crippen LogP) is 3.09. The lowest BCUT2D eigenvalue weighted by Crippen LogP contribution is -2.36. The number of hydrogen-bond acceptors (Lipinski definition) is 3. The summed E-state index contributed by atoms with van der Waals surface area (Å²) >= 11 is 0. The number of nitrogens with zero attached hydrogens (tertiary/aromatic N) is 1. The molecule has 2 N–H and O–H groups in total. The molecule has 0 unspecified atom stereocenters. The van der Waals surface area contributed by atoms with E-state index in [2.05, 4.69) is 23.2 Å². The Hall–Kier alpha value is -1.39. The van der Waals surface area contributed by atoms with Crippen LogP contribution in [0, 0.1) is 0 Å². The second-order valence-corrected chi connectivity index (χ2v) is 7.07. The molecular weight excluding hydrogens is 288 g/mol. The van der Waals surface area contributed by atoms with Gasteiger partial charge in [0.25, 0.3) is 0 Å². The lowest BCUT2D eigenvalue weighted by molar-refractivity contribution is -0.122. The van der Waals surface area contributed by atoms with Crippen LogP contribution < -0.4 is 5.32 Å². The molecule has 1 aliphatic carbocycles. The molecule has 0 bridgehead atoms. The first-order valence-electron chi connectivity index (χ1n) is 8.95. The number of anilines is 1. The second kappa shape index (κ2) is 7.02. The number of fused-ring (bicyclic) bond motifs is 1. The first-order valence-corrected chi connectivity index (χ1v) is 8.95. The zero-order chi connectivity index (χ0) is 16.3. The van der Waals surface area contributed by atoms with Crippen molar-refractivity contribution < 1.29 is 9.90 Å². The summed E-state index contributed by atoms with van der Waals surface area (Å²) in [5.41, 5.74) is 2.71. The van der Waals surface area contributed by atoms with E-state index in [9.17, 15) is 9.90 Å². The zero-order valence-corrected chi connectivity index (χ0v) is 14.1. The third kappa shape index (κ3) is 3.93. The molecule has 126 valence electrons. The molecule has 1 aromatic carbocycles. The van der Waals surface area contributed by atoms with Gasteiger partial charge in [-0.3, -0.25) is 9.69 Å².